The first-order chi connectivity index (χ1) is 10.0. The van der Waals surface area contributed by atoms with E-state index in [0.717, 1.165) is 5.56 Å². The van der Waals surface area contributed by atoms with Crippen molar-refractivity contribution in [3.8, 4) is 5.75 Å². The van der Waals surface area contributed by atoms with E-state index in [2.05, 4.69) is 0 Å². The van der Waals surface area contributed by atoms with Crippen LogP contribution < -0.4 is 4.74 Å². The van der Waals surface area contributed by atoms with Gasteiger partial charge in [0.05, 0.1) is 18.1 Å². The van der Waals surface area contributed by atoms with Gasteiger partial charge in [0.2, 0.25) is 0 Å². The van der Waals surface area contributed by atoms with Gasteiger partial charge in [-0.25, -0.2) is 0 Å². The smallest absolute Gasteiger partial charge is 0.269 e. The monoisotopic (exact) mass is 307 g/mol. The Morgan fingerprint density at radius 3 is 2.52 bits per heavy atom. The summed E-state index contributed by atoms with van der Waals surface area (Å²) in [6.45, 7) is 0. The minimum Gasteiger partial charge on any atom is -0.496 e. The molecule has 2 rings (SSSR count). The Morgan fingerprint density at radius 2 is 1.95 bits per heavy atom. The highest BCUT2D eigenvalue weighted by atomic mass is 35.5. The minimum atomic E-state index is -0.779. The van der Waals surface area contributed by atoms with Gasteiger partial charge in [-0.2, -0.15) is 0 Å². The fourth-order valence-corrected chi connectivity index (χ4v) is 2.21. The van der Waals surface area contributed by atoms with E-state index < -0.39 is 11.0 Å². The minimum absolute atomic E-state index is 0.0253. The standard InChI is InChI=1S/C15H14ClNO4/c1-21-15-9-11(16)4-7-13(15)14(18)8-10-2-5-12(6-3-10)17(19)20/h2-7,9,14,18H,8H2,1H3. The fourth-order valence-electron chi connectivity index (χ4n) is 2.05. The summed E-state index contributed by atoms with van der Waals surface area (Å²) in [4.78, 5) is 10.1. The molecule has 0 aliphatic heterocycles. The van der Waals surface area contributed by atoms with Crippen LogP contribution in [0.1, 0.15) is 17.2 Å². The molecule has 1 atom stereocenters. The summed E-state index contributed by atoms with van der Waals surface area (Å²) in [6.07, 6.45) is -0.450. The molecule has 0 amide bonds. The third kappa shape index (κ3) is 3.71. The van der Waals surface area contributed by atoms with Crippen molar-refractivity contribution in [1.82, 2.24) is 0 Å². The normalized spacial score (nSPS) is 12.0. The molecule has 0 saturated heterocycles. The molecule has 1 unspecified atom stereocenters. The average Bonchev–Trinajstić information content (AvgIpc) is 2.47. The maximum Gasteiger partial charge on any atom is 0.269 e. The Balaban J connectivity index is 2.17. The first-order valence-electron chi connectivity index (χ1n) is 6.26. The molecule has 0 aliphatic rings. The molecule has 5 nitrogen and oxygen atoms in total. The van der Waals surface area contributed by atoms with E-state index in [9.17, 15) is 15.2 Å². The number of benzene rings is 2. The van der Waals surface area contributed by atoms with Crippen LogP contribution in [0.2, 0.25) is 5.02 Å². The molecule has 0 spiro atoms. The number of rotatable bonds is 5. The topological polar surface area (TPSA) is 72.6 Å². The van der Waals surface area contributed by atoms with Gasteiger partial charge in [0.15, 0.2) is 0 Å². The molecule has 2 aromatic rings. The molecule has 0 aliphatic carbocycles. The summed E-state index contributed by atoms with van der Waals surface area (Å²) < 4.78 is 5.20. The van der Waals surface area contributed by atoms with E-state index in [-0.39, 0.29) is 5.69 Å². The second-order valence-electron chi connectivity index (χ2n) is 4.53. The Hall–Kier alpha value is -2.11. The maximum atomic E-state index is 10.6. The van der Waals surface area contributed by atoms with E-state index >= 15 is 0 Å². The van der Waals surface area contributed by atoms with Gasteiger partial charge in [-0.05, 0) is 17.7 Å². The third-order valence-corrected chi connectivity index (χ3v) is 3.37. The lowest BCUT2D eigenvalue weighted by Gasteiger charge is -2.15. The Labute approximate surface area is 126 Å². The van der Waals surface area contributed by atoms with Crippen LogP contribution in [0, 0.1) is 10.1 Å². The molecule has 110 valence electrons. The van der Waals surface area contributed by atoms with Crippen molar-refractivity contribution in [2.24, 2.45) is 0 Å². The summed E-state index contributed by atoms with van der Waals surface area (Å²) in [6, 6.07) is 11.1. The Kier molecular flexibility index (Phi) is 4.77. The molecule has 1 N–H and O–H groups in total. The molecular formula is C15H14ClNO4. The highest BCUT2D eigenvalue weighted by molar-refractivity contribution is 6.30. The molecule has 21 heavy (non-hydrogen) atoms. The molecule has 6 heteroatoms. The number of ether oxygens (including phenoxy) is 1. The molecular weight excluding hydrogens is 294 g/mol. The number of aliphatic hydroxyl groups is 1. The third-order valence-electron chi connectivity index (χ3n) is 3.13. The van der Waals surface area contributed by atoms with Crippen LogP contribution in [0.4, 0.5) is 5.69 Å². The molecule has 0 aromatic heterocycles. The molecule has 0 bridgehead atoms. The van der Waals surface area contributed by atoms with Gasteiger partial charge in [0, 0.05) is 29.1 Å². The lowest BCUT2D eigenvalue weighted by Crippen LogP contribution is -2.04. The zero-order valence-corrected chi connectivity index (χ0v) is 12.1. The Morgan fingerprint density at radius 1 is 1.29 bits per heavy atom. The number of hydrogen-bond donors (Lipinski definition) is 1. The van der Waals surface area contributed by atoms with Crippen LogP contribution in [-0.2, 0) is 6.42 Å². The summed E-state index contributed by atoms with van der Waals surface area (Å²) in [5.74, 6) is 0.511. The largest absolute Gasteiger partial charge is 0.496 e. The molecule has 0 fully saturated rings. The molecule has 0 radical (unpaired) electrons. The van der Waals surface area contributed by atoms with Gasteiger partial charge in [-0.15, -0.1) is 0 Å². The zero-order valence-electron chi connectivity index (χ0n) is 11.3. The SMILES string of the molecule is COc1cc(Cl)ccc1C(O)Cc1ccc([N+](=O)[O-])cc1. The van der Waals surface area contributed by atoms with Crippen molar-refractivity contribution < 1.29 is 14.8 Å². The predicted molar refractivity (Wildman–Crippen MR) is 79.8 cm³/mol. The lowest BCUT2D eigenvalue weighted by molar-refractivity contribution is -0.384. The van der Waals surface area contributed by atoms with Crippen LogP contribution >= 0.6 is 11.6 Å². The number of nitrogens with zero attached hydrogens (tertiary/aromatic N) is 1. The summed E-state index contributed by atoms with van der Waals surface area (Å²) in [5.41, 5.74) is 1.45. The van der Waals surface area contributed by atoms with E-state index in [0.29, 0.717) is 22.8 Å². The van der Waals surface area contributed by atoms with Crippen LogP contribution in [0.25, 0.3) is 0 Å². The van der Waals surface area contributed by atoms with Crippen molar-refractivity contribution in [3.05, 3.63) is 68.7 Å². The predicted octanol–water partition coefficient (Wildman–Crippen LogP) is 3.53. The number of halogens is 1. The van der Waals surface area contributed by atoms with Gasteiger partial charge >= 0.3 is 0 Å². The molecule has 2 aromatic carbocycles. The lowest BCUT2D eigenvalue weighted by atomic mass is 10.0. The first kappa shape index (κ1) is 15.3. The number of methoxy groups -OCH3 is 1. The molecule has 0 saturated carbocycles. The number of aliphatic hydroxyl groups excluding tert-OH is 1. The quantitative estimate of drug-likeness (QED) is 0.677. The van der Waals surface area contributed by atoms with Gasteiger partial charge in [-0.3, -0.25) is 10.1 Å². The second-order valence-corrected chi connectivity index (χ2v) is 4.97. The number of nitro benzene ring substituents is 1. The van der Waals surface area contributed by atoms with Gasteiger partial charge in [0.25, 0.3) is 5.69 Å². The van der Waals surface area contributed by atoms with Gasteiger partial charge in [-0.1, -0.05) is 29.8 Å². The van der Waals surface area contributed by atoms with E-state index in [4.69, 9.17) is 16.3 Å². The molecule has 0 heterocycles. The van der Waals surface area contributed by atoms with Crippen LogP contribution in [0.5, 0.6) is 5.75 Å². The first-order valence-corrected chi connectivity index (χ1v) is 6.64. The number of non-ortho nitro benzene ring substituents is 1. The van der Waals surface area contributed by atoms with Crippen molar-refractivity contribution in [1.29, 1.82) is 0 Å². The van der Waals surface area contributed by atoms with Crippen molar-refractivity contribution in [3.63, 3.8) is 0 Å². The van der Waals surface area contributed by atoms with Crippen LogP contribution in [0.15, 0.2) is 42.5 Å². The summed E-state index contributed by atoms with van der Waals surface area (Å²) in [7, 11) is 1.51. The second kappa shape index (κ2) is 6.56. The summed E-state index contributed by atoms with van der Waals surface area (Å²) in [5, 5.41) is 21.4. The van der Waals surface area contributed by atoms with Crippen LogP contribution in [0.3, 0.4) is 0 Å². The van der Waals surface area contributed by atoms with E-state index in [1.807, 2.05) is 0 Å². The van der Waals surface area contributed by atoms with E-state index in [1.165, 1.54) is 19.2 Å². The average molecular weight is 308 g/mol. The number of hydrogen-bond acceptors (Lipinski definition) is 4. The van der Waals surface area contributed by atoms with Crippen molar-refractivity contribution in [2.45, 2.75) is 12.5 Å². The van der Waals surface area contributed by atoms with Crippen molar-refractivity contribution in [2.75, 3.05) is 7.11 Å². The fraction of sp³-hybridized carbons (Fsp3) is 0.200. The van der Waals surface area contributed by atoms with E-state index in [1.54, 1.807) is 30.3 Å². The van der Waals surface area contributed by atoms with Crippen molar-refractivity contribution >= 4 is 17.3 Å². The number of nitro groups is 1. The van der Waals surface area contributed by atoms with Crippen LogP contribution in [-0.4, -0.2) is 17.1 Å². The zero-order chi connectivity index (χ0) is 15.4. The summed E-state index contributed by atoms with van der Waals surface area (Å²) >= 11 is 5.88. The maximum absolute atomic E-state index is 10.6. The van der Waals surface area contributed by atoms with Gasteiger partial charge < -0.3 is 9.84 Å². The highest BCUT2D eigenvalue weighted by Gasteiger charge is 2.15. The van der Waals surface area contributed by atoms with Gasteiger partial charge in [0.1, 0.15) is 5.75 Å². The Bertz CT molecular complexity index is 643. The highest BCUT2D eigenvalue weighted by Crippen LogP contribution is 2.30.